The van der Waals surface area contributed by atoms with Gasteiger partial charge in [-0.15, -0.1) is 11.3 Å². The molecule has 0 atom stereocenters. The third-order valence-corrected chi connectivity index (χ3v) is 9.35. The lowest BCUT2D eigenvalue weighted by Gasteiger charge is -2.34. The van der Waals surface area contributed by atoms with Gasteiger partial charge >= 0.3 is 5.97 Å². The molecule has 0 bridgehead atoms. The number of aromatic carboxylic acids is 1. The van der Waals surface area contributed by atoms with Gasteiger partial charge in [0.25, 0.3) is 0 Å². The number of benzene rings is 2. The topological polar surface area (TPSA) is 106 Å². The Morgan fingerprint density at radius 1 is 1.18 bits per heavy atom. The minimum atomic E-state index is -1.06. The first-order valence-corrected chi connectivity index (χ1v) is 14.2. The third kappa shape index (κ3) is 4.73. The van der Waals surface area contributed by atoms with Gasteiger partial charge in [0, 0.05) is 17.0 Å². The second-order valence-electron chi connectivity index (χ2n) is 10.3. The zero-order valence-electron chi connectivity index (χ0n) is 20.7. The van der Waals surface area contributed by atoms with Gasteiger partial charge in [-0.25, -0.2) is 9.78 Å². The van der Waals surface area contributed by atoms with Crippen molar-refractivity contribution >= 4 is 50.7 Å². The molecule has 0 radical (unpaired) electrons. The van der Waals surface area contributed by atoms with E-state index in [1.807, 2.05) is 6.92 Å². The number of thiazole rings is 1. The Bertz CT molecular complexity index is 1520. The van der Waals surface area contributed by atoms with Gasteiger partial charge in [-0.05, 0) is 75.3 Å². The zero-order chi connectivity index (χ0) is 26.6. The Balaban J connectivity index is 1.18. The Morgan fingerprint density at radius 3 is 2.55 bits per heavy atom. The van der Waals surface area contributed by atoms with E-state index in [4.69, 9.17) is 37.4 Å². The summed E-state index contributed by atoms with van der Waals surface area (Å²) in [6.45, 7) is 2.17. The highest BCUT2D eigenvalue weighted by Gasteiger charge is 2.39. The first-order valence-electron chi connectivity index (χ1n) is 12.7. The molecule has 198 valence electrons. The summed E-state index contributed by atoms with van der Waals surface area (Å²) in [7, 11) is 0. The number of carboxylic acids is 1. The van der Waals surface area contributed by atoms with Crippen LogP contribution in [0.15, 0.2) is 34.9 Å². The van der Waals surface area contributed by atoms with Gasteiger partial charge in [-0.1, -0.05) is 34.4 Å². The van der Waals surface area contributed by atoms with Crippen molar-refractivity contribution in [2.45, 2.75) is 69.7 Å². The van der Waals surface area contributed by atoms with Gasteiger partial charge in [0.2, 0.25) is 0 Å². The van der Waals surface area contributed by atoms with E-state index in [1.165, 1.54) is 11.3 Å². The molecule has 0 spiro atoms. The summed E-state index contributed by atoms with van der Waals surface area (Å²) in [5, 5.41) is 26.9. The maximum Gasteiger partial charge on any atom is 0.335 e. The van der Waals surface area contributed by atoms with Gasteiger partial charge in [0.1, 0.15) is 22.1 Å². The van der Waals surface area contributed by atoms with Gasteiger partial charge < -0.3 is 19.5 Å². The number of hydrogen-bond acceptors (Lipinski definition) is 7. The summed E-state index contributed by atoms with van der Waals surface area (Å²) >= 11 is 14.3. The van der Waals surface area contributed by atoms with Crippen LogP contribution < -0.4 is 0 Å². The van der Waals surface area contributed by atoms with Crippen LogP contribution in [0.4, 0.5) is 0 Å². The Morgan fingerprint density at radius 2 is 1.89 bits per heavy atom. The van der Waals surface area contributed by atoms with Crippen LogP contribution in [-0.4, -0.2) is 32.4 Å². The van der Waals surface area contributed by atoms with Crippen LogP contribution in [-0.2, 0) is 16.9 Å². The molecule has 7 nitrogen and oxygen atoms in total. The standard InChI is InChI=1S/C28H26Cl2N2O5S/c1-14-11-16(26(33)34)12-21-23(14)31-27(38-21)28(35)9-7-17(8-10-28)36-13-18-24(32-37-25(18)15-5-6-15)22-19(29)3-2-4-20(22)30/h2-4,11-12,15,17,35H,5-10,13H2,1H3,(H,33,34). The highest BCUT2D eigenvalue weighted by molar-refractivity contribution is 7.18. The molecule has 2 saturated carbocycles. The fourth-order valence-corrected chi connectivity index (χ4v) is 7.02. The Kier molecular flexibility index (Phi) is 6.73. The van der Waals surface area contributed by atoms with E-state index in [9.17, 15) is 15.0 Å². The summed E-state index contributed by atoms with van der Waals surface area (Å²) in [4.78, 5) is 16.2. The molecule has 38 heavy (non-hydrogen) atoms. The number of rotatable bonds is 7. The predicted octanol–water partition coefficient (Wildman–Crippen LogP) is 7.49. The quantitative estimate of drug-likeness (QED) is 0.236. The largest absolute Gasteiger partial charge is 0.478 e. The highest BCUT2D eigenvalue weighted by atomic mass is 35.5. The molecular formula is C28H26Cl2N2O5S. The number of aliphatic hydroxyl groups is 1. The van der Waals surface area contributed by atoms with Crippen LogP contribution in [0.1, 0.15) is 76.7 Å². The SMILES string of the molecule is Cc1cc(C(=O)O)cc2sc(C3(O)CCC(OCc4c(-c5c(Cl)cccc5Cl)noc4C4CC4)CC3)nc12. The molecule has 0 unspecified atom stereocenters. The second-order valence-corrected chi connectivity index (χ2v) is 12.1. The number of halogens is 2. The normalized spacial score (nSPS) is 21.7. The maximum absolute atomic E-state index is 11.5. The molecule has 2 aliphatic carbocycles. The smallest absolute Gasteiger partial charge is 0.335 e. The van der Waals surface area contributed by atoms with E-state index in [0.29, 0.717) is 64.5 Å². The van der Waals surface area contributed by atoms with E-state index in [-0.39, 0.29) is 11.7 Å². The summed E-state index contributed by atoms with van der Waals surface area (Å²) in [5.74, 6) is 0.213. The van der Waals surface area contributed by atoms with E-state index in [2.05, 4.69) is 5.16 Å². The molecule has 2 aliphatic rings. The van der Waals surface area contributed by atoms with E-state index in [1.54, 1.807) is 30.3 Å². The van der Waals surface area contributed by atoms with Gasteiger partial charge in [-0.3, -0.25) is 0 Å². The number of ether oxygens (including phenoxy) is 1. The summed E-state index contributed by atoms with van der Waals surface area (Å²) in [6.07, 6.45) is 4.42. The van der Waals surface area contributed by atoms with E-state index < -0.39 is 11.6 Å². The van der Waals surface area contributed by atoms with Crippen LogP contribution >= 0.6 is 34.5 Å². The molecule has 2 fully saturated rings. The number of carboxylic acid groups (broad SMARTS) is 1. The van der Waals surface area contributed by atoms with Gasteiger partial charge in [0.05, 0.1) is 38.5 Å². The molecule has 2 aromatic heterocycles. The maximum atomic E-state index is 11.5. The number of hydrogen-bond donors (Lipinski definition) is 2. The lowest BCUT2D eigenvalue weighted by molar-refractivity contribution is -0.0640. The monoisotopic (exact) mass is 572 g/mol. The number of nitrogens with zero attached hydrogens (tertiary/aromatic N) is 2. The summed E-state index contributed by atoms with van der Waals surface area (Å²) in [5.41, 5.74) is 2.86. The minimum Gasteiger partial charge on any atom is -0.478 e. The van der Waals surface area contributed by atoms with Crippen molar-refractivity contribution in [3.8, 4) is 11.3 Å². The number of aromatic nitrogens is 2. The van der Waals surface area contributed by atoms with E-state index >= 15 is 0 Å². The Hall–Kier alpha value is -2.49. The van der Waals surface area contributed by atoms with Crippen LogP contribution in [0, 0.1) is 6.92 Å². The number of aryl methyl sites for hydroxylation is 1. The summed E-state index contributed by atoms with van der Waals surface area (Å²) in [6, 6.07) is 8.61. The van der Waals surface area contributed by atoms with Crippen molar-refractivity contribution < 1.29 is 24.3 Å². The molecule has 2 aromatic carbocycles. The number of fused-ring (bicyclic) bond motifs is 1. The minimum absolute atomic E-state index is 0.0403. The molecule has 0 amide bonds. The second kappa shape index (κ2) is 9.92. The molecular weight excluding hydrogens is 547 g/mol. The third-order valence-electron chi connectivity index (χ3n) is 7.52. The lowest BCUT2D eigenvalue weighted by atomic mass is 9.83. The van der Waals surface area contributed by atoms with Crippen molar-refractivity contribution in [2.75, 3.05) is 0 Å². The molecule has 2 heterocycles. The van der Waals surface area contributed by atoms with Crippen molar-refractivity contribution in [1.82, 2.24) is 10.1 Å². The fraction of sp³-hybridized carbons (Fsp3) is 0.393. The molecule has 2 N–H and O–H groups in total. The molecule has 0 aliphatic heterocycles. The van der Waals surface area contributed by atoms with E-state index in [0.717, 1.165) is 39.9 Å². The van der Waals surface area contributed by atoms with Crippen LogP contribution in [0.5, 0.6) is 0 Å². The van der Waals surface area contributed by atoms with Crippen molar-refractivity contribution in [1.29, 1.82) is 0 Å². The molecule has 6 rings (SSSR count). The average molecular weight is 573 g/mol. The van der Waals surface area contributed by atoms with Crippen molar-refractivity contribution in [3.63, 3.8) is 0 Å². The van der Waals surface area contributed by atoms with Crippen LogP contribution in [0.2, 0.25) is 10.0 Å². The lowest BCUT2D eigenvalue weighted by Crippen LogP contribution is -2.34. The molecule has 4 aromatic rings. The van der Waals surface area contributed by atoms with Crippen LogP contribution in [0.3, 0.4) is 0 Å². The van der Waals surface area contributed by atoms with Gasteiger partial charge in [-0.2, -0.15) is 0 Å². The Labute approximate surface area is 233 Å². The molecule has 0 saturated heterocycles. The van der Waals surface area contributed by atoms with Crippen molar-refractivity contribution in [2.24, 2.45) is 0 Å². The highest BCUT2D eigenvalue weighted by Crippen LogP contribution is 2.47. The number of carbonyl (C=O) groups is 1. The van der Waals surface area contributed by atoms with Crippen LogP contribution in [0.25, 0.3) is 21.5 Å². The van der Waals surface area contributed by atoms with Gasteiger partial charge in [0.15, 0.2) is 0 Å². The first-order chi connectivity index (χ1) is 18.2. The zero-order valence-corrected chi connectivity index (χ0v) is 23.0. The summed E-state index contributed by atoms with van der Waals surface area (Å²) < 4.78 is 12.9. The fourth-order valence-electron chi connectivity index (χ4n) is 5.22. The first kappa shape index (κ1) is 25.8. The predicted molar refractivity (Wildman–Crippen MR) is 146 cm³/mol. The molecule has 10 heteroatoms. The average Bonchev–Trinajstić information content (AvgIpc) is 3.48. The van der Waals surface area contributed by atoms with Crippen molar-refractivity contribution in [3.05, 3.63) is 67.8 Å².